The summed E-state index contributed by atoms with van der Waals surface area (Å²) >= 11 is 0. The lowest BCUT2D eigenvalue weighted by atomic mass is 10.1. The molecule has 1 aromatic heterocycles. The molecule has 0 amide bonds. The van der Waals surface area contributed by atoms with Crippen molar-refractivity contribution >= 4 is 16.9 Å². The molecular formula is C15H16N2O3. The lowest BCUT2D eigenvalue weighted by Gasteiger charge is -2.30. The van der Waals surface area contributed by atoms with Crippen LogP contribution in [0.2, 0.25) is 0 Å². The van der Waals surface area contributed by atoms with Gasteiger partial charge in [-0.3, -0.25) is 4.90 Å². The molecule has 2 heterocycles. The van der Waals surface area contributed by atoms with E-state index in [1.807, 2.05) is 6.07 Å². The predicted octanol–water partition coefficient (Wildman–Crippen LogP) is 2.02. The van der Waals surface area contributed by atoms with Gasteiger partial charge in [-0.15, -0.1) is 0 Å². The van der Waals surface area contributed by atoms with Gasteiger partial charge in [-0.1, -0.05) is 0 Å². The maximum absolute atomic E-state index is 10.9. The third-order valence-electron chi connectivity index (χ3n) is 3.52. The Labute approximate surface area is 116 Å². The molecule has 0 radical (unpaired) electrons. The van der Waals surface area contributed by atoms with Crippen molar-refractivity contribution in [1.29, 1.82) is 0 Å². The summed E-state index contributed by atoms with van der Waals surface area (Å²) in [6, 6.07) is 8.51. The SMILES string of the molecule is O=C(O)c1ccc2nc(OCCN3CCC3)ccc2c1. The van der Waals surface area contributed by atoms with E-state index in [1.165, 1.54) is 6.42 Å². The Morgan fingerprint density at radius 3 is 2.85 bits per heavy atom. The Kier molecular flexibility index (Phi) is 3.52. The van der Waals surface area contributed by atoms with Gasteiger partial charge in [-0.05, 0) is 43.8 Å². The minimum atomic E-state index is -0.929. The molecule has 1 aliphatic heterocycles. The first-order valence-electron chi connectivity index (χ1n) is 6.72. The highest BCUT2D eigenvalue weighted by atomic mass is 16.5. The van der Waals surface area contributed by atoms with Crippen molar-refractivity contribution < 1.29 is 14.6 Å². The Morgan fingerprint density at radius 1 is 1.30 bits per heavy atom. The molecule has 0 saturated carbocycles. The number of aromatic nitrogens is 1. The maximum Gasteiger partial charge on any atom is 0.335 e. The van der Waals surface area contributed by atoms with Gasteiger partial charge in [-0.25, -0.2) is 9.78 Å². The highest BCUT2D eigenvalue weighted by Gasteiger charge is 2.13. The molecule has 104 valence electrons. The second kappa shape index (κ2) is 5.46. The summed E-state index contributed by atoms with van der Waals surface area (Å²) in [6.07, 6.45) is 1.28. The zero-order valence-corrected chi connectivity index (χ0v) is 11.1. The lowest BCUT2D eigenvalue weighted by Crippen LogP contribution is -2.39. The standard InChI is InChI=1S/C15H16N2O3/c18-15(19)12-2-4-13-11(10-12)3-5-14(16-13)20-9-8-17-6-1-7-17/h2-5,10H,1,6-9H2,(H,18,19). The van der Waals surface area contributed by atoms with Crippen molar-refractivity contribution in [1.82, 2.24) is 9.88 Å². The van der Waals surface area contributed by atoms with Crippen LogP contribution in [0.3, 0.4) is 0 Å². The van der Waals surface area contributed by atoms with Crippen LogP contribution in [0.5, 0.6) is 5.88 Å². The van der Waals surface area contributed by atoms with Crippen molar-refractivity contribution in [3.05, 3.63) is 35.9 Å². The van der Waals surface area contributed by atoms with Crippen LogP contribution in [0.15, 0.2) is 30.3 Å². The number of ether oxygens (including phenoxy) is 1. The number of fused-ring (bicyclic) bond motifs is 1. The number of likely N-dealkylation sites (tertiary alicyclic amines) is 1. The van der Waals surface area contributed by atoms with E-state index in [-0.39, 0.29) is 5.56 Å². The second-order valence-corrected chi connectivity index (χ2v) is 4.91. The summed E-state index contributed by atoms with van der Waals surface area (Å²) in [5.74, 6) is -0.345. The lowest BCUT2D eigenvalue weighted by molar-refractivity contribution is 0.0697. The number of rotatable bonds is 5. The summed E-state index contributed by atoms with van der Waals surface area (Å²) in [6.45, 7) is 3.88. The minimum Gasteiger partial charge on any atom is -0.478 e. The average molecular weight is 272 g/mol. The molecule has 0 bridgehead atoms. The third-order valence-corrected chi connectivity index (χ3v) is 3.52. The molecule has 3 rings (SSSR count). The maximum atomic E-state index is 10.9. The molecule has 1 N–H and O–H groups in total. The summed E-state index contributed by atoms with van der Waals surface area (Å²) in [5, 5.41) is 9.75. The number of hydrogen-bond acceptors (Lipinski definition) is 4. The van der Waals surface area contributed by atoms with Crippen LogP contribution in [0.4, 0.5) is 0 Å². The summed E-state index contributed by atoms with van der Waals surface area (Å²) in [5.41, 5.74) is 1.02. The quantitative estimate of drug-likeness (QED) is 0.902. The number of hydrogen-bond donors (Lipinski definition) is 1. The van der Waals surface area contributed by atoms with Gasteiger partial charge < -0.3 is 9.84 Å². The van der Waals surface area contributed by atoms with Crippen LogP contribution in [0, 0.1) is 0 Å². The molecule has 1 aliphatic rings. The van der Waals surface area contributed by atoms with Gasteiger partial charge in [-0.2, -0.15) is 0 Å². The first-order chi connectivity index (χ1) is 9.72. The molecule has 0 atom stereocenters. The minimum absolute atomic E-state index is 0.269. The fourth-order valence-corrected chi connectivity index (χ4v) is 2.20. The molecular weight excluding hydrogens is 256 g/mol. The predicted molar refractivity (Wildman–Crippen MR) is 75.3 cm³/mol. The third kappa shape index (κ3) is 2.72. The topological polar surface area (TPSA) is 62.7 Å². The molecule has 5 nitrogen and oxygen atoms in total. The number of carboxylic acids is 1. The highest BCUT2D eigenvalue weighted by Crippen LogP contribution is 2.18. The average Bonchev–Trinajstić information content (AvgIpc) is 2.40. The van der Waals surface area contributed by atoms with Crippen LogP contribution in [-0.2, 0) is 0 Å². The van der Waals surface area contributed by atoms with Crippen molar-refractivity contribution in [2.45, 2.75) is 6.42 Å². The molecule has 1 saturated heterocycles. The fraction of sp³-hybridized carbons (Fsp3) is 0.333. The van der Waals surface area contributed by atoms with E-state index < -0.39 is 5.97 Å². The second-order valence-electron chi connectivity index (χ2n) is 4.91. The van der Waals surface area contributed by atoms with Gasteiger partial charge in [0.1, 0.15) is 6.61 Å². The van der Waals surface area contributed by atoms with Crippen molar-refractivity contribution in [2.24, 2.45) is 0 Å². The number of nitrogens with zero attached hydrogens (tertiary/aromatic N) is 2. The summed E-state index contributed by atoms with van der Waals surface area (Å²) < 4.78 is 5.63. The Bertz CT molecular complexity index is 638. The van der Waals surface area contributed by atoms with Gasteiger partial charge in [0.2, 0.25) is 5.88 Å². The molecule has 5 heteroatoms. The highest BCUT2D eigenvalue weighted by molar-refractivity contribution is 5.93. The van der Waals surface area contributed by atoms with Crippen LogP contribution in [0.25, 0.3) is 10.9 Å². The van der Waals surface area contributed by atoms with Crippen LogP contribution < -0.4 is 4.74 Å². The molecule has 0 unspecified atom stereocenters. The van der Waals surface area contributed by atoms with E-state index in [1.54, 1.807) is 24.3 Å². The normalized spacial score (nSPS) is 15.0. The van der Waals surface area contributed by atoms with Crippen molar-refractivity contribution in [3.8, 4) is 5.88 Å². The molecule has 1 fully saturated rings. The molecule has 1 aromatic carbocycles. The number of carbonyl (C=O) groups is 1. The number of aromatic carboxylic acids is 1. The van der Waals surface area contributed by atoms with Gasteiger partial charge >= 0.3 is 5.97 Å². The van der Waals surface area contributed by atoms with Crippen LogP contribution >= 0.6 is 0 Å². The molecule has 0 spiro atoms. The monoisotopic (exact) mass is 272 g/mol. The van der Waals surface area contributed by atoms with Gasteiger partial charge in [0, 0.05) is 18.0 Å². The van der Waals surface area contributed by atoms with Crippen molar-refractivity contribution in [2.75, 3.05) is 26.2 Å². The number of benzene rings is 1. The molecule has 20 heavy (non-hydrogen) atoms. The van der Waals surface area contributed by atoms with E-state index in [0.29, 0.717) is 12.5 Å². The first-order valence-corrected chi connectivity index (χ1v) is 6.72. The summed E-state index contributed by atoms with van der Waals surface area (Å²) in [4.78, 5) is 17.6. The number of pyridine rings is 1. The Balaban J connectivity index is 1.69. The Hall–Kier alpha value is -2.14. The van der Waals surface area contributed by atoms with E-state index in [9.17, 15) is 4.79 Å². The zero-order valence-electron chi connectivity index (χ0n) is 11.1. The van der Waals surface area contributed by atoms with Gasteiger partial charge in [0.25, 0.3) is 0 Å². The van der Waals surface area contributed by atoms with Crippen LogP contribution in [0.1, 0.15) is 16.8 Å². The molecule has 0 aliphatic carbocycles. The van der Waals surface area contributed by atoms with Gasteiger partial charge in [0.15, 0.2) is 0 Å². The Morgan fingerprint density at radius 2 is 2.15 bits per heavy atom. The van der Waals surface area contributed by atoms with E-state index in [4.69, 9.17) is 9.84 Å². The smallest absolute Gasteiger partial charge is 0.335 e. The van der Waals surface area contributed by atoms with E-state index in [0.717, 1.165) is 30.5 Å². The summed E-state index contributed by atoms with van der Waals surface area (Å²) in [7, 11) is 0. The fourth-order valence-electron chi connectivity index (χ4n) is 2.20. The zero-order chi connectivity index (χ0) is 13.9. The largest absolute Gasteiger partial charge is 0.478 e. The number of carboxylic acid groups (broad SMARTS) is 1. The van der Waals surface area contributed by atoms with E-state index >= 15 is 0 Å². The van der Waals surface area contributed by atoms with E-state index in [2.05, 4.69) is 9.88 Å². The van der Waals surface area contributed by atoms with Crippen molar-refractivity contribution in [3.63, 3.8) is 0 Å². The first kappa shape index (κ1) is 12.9. The van der Waals surface area contributed by atoms with Gasteiger partial charge in [0.05, 0.1) is 11.1 Å². The molecule has 2 aromatic rings. The van der Waals surface area contributed by atoms with Crippen LogP contribution in [-0.4, -0.2) is 47.2 Å².